The molecule has 0 bridgehead atoms. The van der Waals surface area contributed by atoms with Crippen molar-refractivity contribution < 1.29 is 18.7 Å². The first-order valence-corrected chi connectivity index (χ1v) is 9.84. The number of anilines is 1. The number of hydrogen-bond donors (Lipinski definition) is 2. The molecule has 0 saturated carbocycles. The molecule has 9 heteroatoms. The second kappa shape index (κ2) is 7.42. The Hall–Kier alpha value is -3.33. The Bertz CT molecular complexity index is 1260. The van der Waals surface area contributed by atoms with Crippen molar-refractivity contribution in [2.75, 3.05) is 18.0 Å². The van der Waals surface area contributed by atoms with Crippen LogP contribution in [0.4, 0.5) is 14.6 Å². The van der Waals surface area contributed by atoms with Crippen molar-refractivity contribution in [2.45, 2.75) is 26.3 Å². The van der Waals surface area contributed by atoms with Gasteiger partial charge in [-0.25, -0.2) is 18.6 Å². The number of carbonyl (C=O) groups is 1. The highest BCUT2D eigenvalue weighted by Crippen LogP contribution is 2.31. The number of halogens is 2. The maximum Gasteiger partial charge on any atom is 0.341 e. The normalized spacial score (nSPS) is 18.4. The lowest BCUT2D eigenvalue weighted by Crippen LogP contribution is -2.52. The fourth-order valence-corrected chi connectivity index (χ4v) is 3.95. The van der Waals surface area contributed by atoms with Crippen LogP contribution in [0.2, 0.25) is 0 Å². The highest BCUT2D eigenvalue weighted by Gasteiger charge is 2.34. The van der Waals surface area contributed by atoms with Crippen LogP contribution in [0.1, 0.15) is 30.6 Å². The molecule has 1 aliphatic heterocycles. The van der Waals surface area contributed by atoms with E-state index >= 15 is 0 Å². The van der Waals surface area contributed by atoms with Gasteiger partial charge >= 0.3 is 5.97 Å². The molecule has 1 unspecified atom stereocenters. The largest absolute Gasteiger partial charge is 0.477 e. The third-order valence-corrected chi connectivity index (χ3v) is 5.87. The van der Waals surface area contributed by atoms with Crippen molar-refractivity contribution in [1.29, 1.82) is 0 Å². The van der Waals surface area contributed by atoms with Gasteiger partial charge in [-0.3, -0.25) is 9.36 Å². The van der Waals surface area contributed by atoms with Crippen molar-refractivity contribution in [3.05, 3.63) is 63.9 Å². The van der Waals surface area contributed by atoms with Gasteiger partial charge in [0.05, 0.1) is 11.1 Å². The van der Waals surface area contributed by atoms with Crippen LogP contribution in [0.3, 0.4) is 0 Å². The number of aromatic nitrogens is 2. The first kappa shape index (κ1) is 20.9. The first-order valence-electron chi connectivity index (χ1n) is 9.84. The lowest BCUT2D eigenvalue weighted by Gasteiger charge is -2.43. The first-order chi connectivity index (χ1) is 14.6. The van der Waals surface area contributed by atoms with Crippen LogP contribution in [-0.4, -0.2) is 39.8 Å². The summed E-state index contributed by atoms with van der Waals surface area (Å²) < 4.78 is 29.2. The molecule has 0 radical (unpaired) electrons. The summed E-state index contributed by atoms with van der Waals surface area (Å²) >= 11 is 0. The summed E-state index contributed by atoms with van der Waals surface area (Å²) in [7, 11) is 0. The fraction of sp³-hybridized carbons (Fsp3) is 0.318. The lowest BCUT2D eigenvalue weighted by molar-refractivity contribution is 0.0695. The van der Waals surface area contributed by atoms with Crippen molar-refractivity contribution in [3.8, 4) is 5.69 Å². The van der Waals surface area contributed by atoms with E-state index in [1.54, 1.807) is 6.07 Å². The minimum atomic E-state index is -1.45. The van der Waals surface area contributed by atoms with E-state index in [1.165, 1.54) is 16.7 Å². The van der Waals surface area contributed by atoms with Crippen LogP contribution in [0.5, 0.6) is 0 Å². The molecule has 1 aliphatic rings. The molecule has 1 aromatic carbocycles. The molecule has 0 amide bonds. The van der Waals surface area contributed by atoms with Crippen LogP contribution in [0.25, 0.3) is 16.7 Å². The van der Waals surface area contributed by atoms with Gasteiger partial charge in [-0.1, -0.05) is 13.8 Å². The van der Waals surface area contributed by atoms with E-state index in [-0.39, 0.29) is 28.2 Å². The zero-order valence-corrected chi connectivity index (χ0v) is 17.1. The molecule has 0 aliphatic carbocycles. The van der Waals surface area contributed by atoms with E-state index in [1.807, 2.05) is 4.90 Å². The molecule has 3 aromatic rings. The second-order valence-electron chi connectivity index (χ2n) is 8.49. The van der Waals surface area contributed by atoms with Gasteiger partial charge in [0.15, 0.2) is 5.65 Å². The Labute approximate surface area is 176 Å². The third-order valence-electron chi connectivity index (χ3n) is 5.87. The van der Waals surface area contributed by atoms with Crippen LogP contribution in [-0.2, 0) is 0 Å². The van der Waals surface area contributed by atoms with Crippen LogP contribution in [0, 0.1) is 17.0 Å². The second-order valence-corrected chi connectivity index (χ2v) is 8.49. The molecule has 1 fully saturated rings. The van der Waals surface area contributed by atoms with Gasteiger partial charge in [0.25, 0.3) is 0 Å². The van der Waals surface area contributed by atoms with Gasteiger partial charge in [0.1, 0.15) is 23.0 Å². The smallest absolute Gasteiger partial charge is 0.341 e. The topological polar surface area (TPSA) is 101 Å². The predicted molar refractivity (Wildman–Crippen MR) is 113 cm³/mol. The van der Waals surface area contributed by atoms with Crippen molar-refractivity contribution in [3.63, 3.8) is 0 Å². The standard InChI is InChI=1S/C22H22F2N4O3/c1-22(2)11-27(8-7-17(22)25)18-6-4-13-19(29)14(21(30)31)10-28(20(13)26-18)16-5-3-12(23)9-15(16)24/h3-6,9-10,17H,7-8,11,25H2,1-2H3,(H,30,31). The zero-order valence-electron chi connectivity index (χ0n) is 17.1. The summed E-state index contributed by atoms with van der Waals surface area (Å²) in [6.07, 6.45) is 1.78. The van der Waals surface area contributed by atoms with Gasteiger partial charge in [0.2, 0.25) is 5.43 Å². The van der Waals surface area contributed by atoms with E-state index in [0.717, 1.165) is 18.7 Å². The van der Waals surface area contributed by atoms with Crippen molar-refractivity contribution >= 4 is 22.8 Å². The molecule has 162 valence electrons. The Kier molecular flexibility index (Phi) is 5.01. The lowest BCUT2D eigenvalue weighted by atomic mass is 9.80. The number of carboxylic acids is 1. The summed E-state index contributed by atoms with van der Waals surface area (Å²) in [5.41, 5.74) is 4.78. The summed E-state index contributed by atoms with van der Waals surface area (Å²) in [5.74, 6) is -2.56. The summed E-state index contributed by atoms with van der Waals surface area (Å²) in [5, 5.41) is 9.47. The van der Waals surface area contributed by atoms with Crippen molar-refractivity contribution in [1.82, 2.24) is 9.55 Å². The Balaban J connectivity index is 1.94. The number of benzene rings is 1. The molecular weight excluding hydrogens is 406 g/mol. The molecule has 1 saturated heterocycles. The molecule has 3 N–H and O–H groups in total. The molecule has 2 aromatic heterocycles. The maximum absolute atomic E-state index is 14.6. The molecule has 1 atom stereocenters. The summed E-state index contributed by atoms with van der Waals surface area (Å²) in [6.45, 7) is 5.42. The highest BCUT2D eigenvalue weighted by molar-refractivity contribution is 5.92. The SMILES string of the molecule is CC1(C)CN(c2ccc3c(=O)c(C(=O)O)cn(-c4ccc(F)cc4F)c3n2)CCC1N. The number of piperidine rings is 1. The Morgan fingerprint density at radius 3 is 2.65 bits per heavy atom. The number of nitrogens with two attached hydrogens (primary N) is 1. The monoisotopic (exact) mass is 428 g/mol. The van der Waals surface area contributed by atoms with Crippen molar-refractivity contribution in [2.24, 2.45) is 11.1 Å². The Morgan fingerprint density at radius 2 is 2.00 bits per heavy atom. The minimum Gasteiger partial charge on any atom is -0.477 e. The van der Waals surface area contributed by atoms with Gasteiger partial charge in [-0.05, 0) is 36.1 Å². The number of aromatic carboxylic acids is 1. The number of rotatable bonds is 3. The maximum atomic E-state index is 14.6. The van der Waals surface area contributed by atoms with Crippen LogP contribution in [0.15, 0.2) is 41.3 Å². The van der Waals surface area contributed by atoms with E-state index in [4.69, 9.17) is 5.73 Å². The molecule has 4 rings (SSSR count). The highest BCUT2D eigenvalue weighted by atomic mass is 19.1. The van der Waals surface area contributed by atoms with Gasteiger partial charge in [-0.2, -0.15) is 0 Å². The van der Waals surface area contributed by atoms with E-state index < -0.39 is 28.6 Å². The zero-order chi connectivity index (χ0) is 22.5. The fourth-order valence-electron chi connectivity index (χ4n) is 3.95. The third kappa shape index (κ3) is 3.65. The van der Waals surface area contributed by atoms with Gasteiger partial charge in [-0.15, -0.1) is 0 Å². The molecule has 3 heterocycles. The predicted octanol–water partition coefficient (Wildman–Crippen LogP) is 2.93. The number of carboxylic acid groups (broad SMARTS) is 1. The van der Waals surface area contributed by atoms with Crippen LogP contribution >= 0.6 is 0 Å². The molecule has 31 heavy (non-hydrogen) atoms. The van der Waals surface area contributed by atoms with Gasteiger partial charge in [0, 0.05) is 31.4 Å². The number of nitrogens with zero attached hydrogens (tertiary/aromatic N) is 3. The van der Waals surface area contributed by atoms with E-state index in [9.17, 15) is 23.5 Å². The number of pyridine rings is 2. The summed E-state index contributed by atoms with van der Waals surface area (Å²) in [4.78, 5) is 30.9. The van der Waals surface area contributed by atoms with E-state index in [2.05, 4.69) is 18.8 Å². The summed E-state index contributed by atoms with van der Waals surface area (Å²) in [6, 6.07) is 6.10. The average molecular weight is 428 g/mol. The van der Waals surface area contributed by atoms with Gasteiger partial charge < -0.3 is 15.7 Å². The average Bonchev–Trinajstić information content (AvgIpc) is 2.70. The number of hydrogen-bond acceptors (Lipinski definition) is 5. The minimum absolute atomic E-state index is 0.0281. The number of fused-ring (bicyclic) bond motifs is 1. The molecule has 7 nitrogen and oxygen atoms in total. The van der Waals surface area contributed by atoms with E-state index in [0.29, 0.717) is 25.0 Å². The molecule has 0 spiro atoms. The quantitative estimate of drug-likeness (QED) is 0.665. The van der Waals surface area contributed by atoms with Crippen LogP contribution < -0.4 is 16.1 Å². The molecular formula is C22H22F2N4O3. The Morgan fingerprint density at radius 1 is 1.26 bits per heavy atom.